The molecule has 0 spiro atoms. The lowest BCUT2D eigenvalue weighted by Gasteiger charge is -2.18. The monoisotopic (exact) mass is 545 g/mol. The first-order valence-electron chi connectivity index (χ1n) is 9.29. The third-order valence-corrected chi connectivity index (χ3v) is 7.54. The van der Waals surface area contributed by atoms with E-state index in [2.05, 4.69) is 39.9 Å². The summed E-state index contributed by atoms with van der Waals surface area (Å²) in [4.78, 5) is 5.99. The highest BCUT2D eigenvalue weighted by Gasteiger charge is 2.43. The smallest absolute Gasteiger partial charge is 0.191 e. The molecule has 0 saturated heterocycles. The Hall–Kier alpha value is -1.26. The zero-order valence-electron chi connectivity index (χ0n) is 16.9. The minimum atomic E-state index is -3.19. The number of halogens is 1. The van der Waals surface area contributed by atoms with Gasteiger partial charge < -0.3 is 10.6 Å². The lowest BCUT2D eigenvalue weighted by molar-refractivity contribution is 0.601. The summed E-state index contributed by atoms with van der Waals surface area (Å²) in [6, 6.07) is 15.9. The molecule has 29 heavy (non-hydrogen) atoms. The summed E-state index contributed by atoms with van der Waals surface area (Å²) < 4.78 is 23.7. The van der Waals surface area contributed by atoms with E-state index in [0.717, 1.165) is 23.6 Å². The number of aryl methyl sites for hydroxylation is 1. The van der Waals surface area contributed by atoms with Crippen molar-refractivity contribution in [1.29, 1.82) is 0 Å². The van der Waals surface area contributed by atoms with Crippen LogP contribution in [-0.2, 0) is 16.4 Å². The van der Waals surface area contributed by atoms with Crippen LogP contribution in [0.2, 0.25) is 0 Å². The van der Waals surface area contributed by atoms with E-state index in [4.69, 9.17) is 0 Å². The Labute approximate surface area is 195 Å². The van der Waals surface area contributed by atoms with Crippen LogP contribution < -0.4 is 10.6 Å². The lowest BCUT2D eigenvalue weighted by atomic mass is 10.1. The van der Waals surface area contributed by atoms with Gasteiger partial charge in [0, 0.05) is 36.0 Å². The Morgan fingerprint density at radius 1 is 1.14 bits per heavy atom. The molecule has 158 valence electrons. The molecule has 0 atom stereocenters. The first-order chi connectivity index (χ1) is 13.3. The van der Waals surface area contributed by atoms with Crippen molar-refractivity contribution in [1.82, 2.24) is 10.6 Å². The minimum Gasteiger partial charge on any atom is -0.355 e. The summed E-state index contributed by atoms with van der Waals surface area (Å²) in [6.45, 7) is 3.27. The zero-order valence-corrected chi connectivity index (χ0v) is 20.9. The first kappa shape index (κ1) is 24.0. The Kier molecular flexibility index (Phi) is 8.42. The summed E-state index contributed by atoms with van der Waals surface area (Å²) in [5.41, 5.74) is 1.79. The third-order valence-electron chi connectivity index (χ3n) is 4.79. The SMILES string of the molecule is CN=C(NCc1ccc(S(C)(=O)=O)c(C)c1)NCC1(Sc2ccccc2)CC1.I. The largest absolute Gasteiger partial charge is 0.355 e. The van der Waals surface area contributed by atoms with Crippen molar-refractivity contribution in [2.24, 2.45) is 4.99 Å². The summed E-state index contributed by atoms with van der Waals surface area (Å²) in [5, 5.41) is 6.75. The van der Waals surface area contributed by atoms with E-state index in [1.54, 1.807) is 13.1 Å². The van der Waals surface area contributed by atoms with Gasteiger partial charge in [-0.1, -0.05) is 30.3 Å². The van der Waals surface area contributed by atoms with E-state index in [9.17, 15) is 8.42 Å². The van der Waals surface area contributed by atoms with Crippen molar-refractivity contribution >= 4 is 51.5 Å². The molecule has 8 heteroatoms. The van der Waals surface area contributed by atoms with Crippen LogP contribution in [0.25, 0.3) is 0 Å². The van der Waals surface area contributed by atoms with E-state index in [1.165, 1.54) is 24.0 Å². The molecule has 0 unspecified atom stereocenters. The van der Waals surface area contributed by atoms with Gasteiger partial charge in [-0.2, -0.15) is 0 Å². The number of nitrogens with one attached hydrogen (secondary N) is 2. The number of aliphatic imine (C=N–C) groups is 1. The second-order valence-corrected chi connectivity index (χ2v) is 10.8. The maximum atomic E-state index is 11.7. The Balaban J connectivity index is 0.00000300. The minimum absolute atomic E-state index is 0. The molecule has 2 aromatic carbocycles. The molecule has 0 aromatic heterocycles. The van der Waals surface area contributed by atoms with Gasteiger partial charge in [-0.25, -0.2) is 8.42 Å². The third kappa shape index (κ3) is 6.89. The predicted octanol–water partition coefficient (Wildman–Crippen LogP) is 4.01. The molecule has 1 saturated carbocycles. The molecule has 0 aliphatic heterocycles. The molecule has 0 bridgehead atoms. The molecule has 1 aliphatic carbocycles. The van der Waals surface area contributed by atoms with E-state index in [0.29, 0.717) is 11.4 Å². The summed E-state index contributed by atoms with van der Waals surface area (Å²) in [6.07, 6.45) is 3.63. The summed E-state index contributed by atoms with van der Waals surface area (Å²) in [7, 11) is -1.43. The number of hydrogen-bond donors (Lipinski definition) is 2. The van der Waals surface area contributed by atoms with Crippen molar-refractivity contribution in [3.05, 3.63) is 59.7 Å². The van der Waals surface area contributed by atoms with Gasteiger partial charge >= 0.3 is 0 Å². The molecule has 0 amide bonds. The number of rotatable bonds is 7. The molecule has 2 N–H and O–H groups in total. The molecule has 5 nitrogen and oxygen atoms in total. The molecular formula is C21H28IN3O2S2. The number of thioether (sulfide) groups is 1. The van der Waals surface area contributed by atoms with Crippen molar-refractivity contribution in [2.75, 3.05) is 19.8 Å². The van der Waals surface area contributed by atoms with E-state index >= 15 is 0 Å². The maximum Gasteiger partial charge on any atom is 0.191 e. The first-order valence-corrected chi connectivity index (χ1v) is 12.0. The van der Waals surface area contributed by atoms with Crippen molar-refractivity contribution in [2.45, 2.75) is 40.8 Å². The topological polar surface area (TPSA) is 70.6 Å². The molecule has 1 aliphatic rings. The summed E-state index contributed by atoms with van der Waals surface area (Å²) in [5.74, 6) is 0.754. The standard InChI is InChI=1S/C21H27N3O2S2.HI/c1-16-13-17(9-10-19(16)28(3,25)26)14-23-20(22-2)24-15-21(11-12-21)27-18-7-5-4-6-8-18;/h4-10,13H,11-12,14-15H2,1-3H3,(H2,22,23,24);1H. The zero-order chi connectivity index (χ0) is 20.2. The van der Waals surface area contributed by atoms with Crippen LogP contribution in [-0.4, -0.2) is 39.0 Å². The second-order valence-electron chi connectivity index (χ2n) is 7.25. The van der Waals surface area contributed by atoms with Gasteiger partial charge in [0.05, 0.1) is 4.90 Å². The molecule has 0 heterocycles. The molecular weight excluding hydrogens is 517 g/mol. The molecule has 2 aromatic rings. The van der Waals surface area contributed by atoms with E-state index in [-0.39, 0.29) is 28.7 Å². The number of hydrogen-bond acceptors (Lipinski definition) is 4. The van der Waals surface area contributed by atoms with Crippen LogP contribution in [0.1, 0.15) is 24.0 Å². The van der Waals surface area contributed by atoms with Crippen LogP contribution in [0.4, 0.5) is 0 Å². The summed E-state index contributed by atoms with van der Waals surface area (Å²) >= 11 is 1.93. The highest BCUT2D eigenvalue weighted by molar-refractivity contribution is 14.0. The number of benzene rings is 2. The highest BCUT2D eigenvalue weighted by atomic mass is 127. The van der Waals surface area contributed by atoms with E-state index in [1.807, 2.05) is 36.9 Å². The predicted molar refractivity (Wildman–Crippen MR) is 132 cm³/mol. The van der Waals surface area contributed by atoms with Crippen LogP contribution in [0, 0.1) is 6.92 Å². The molecule has 3 rings (SSSR count). The van der Waals surface area contributed by atoms with Gasteiger partial charge in [-0.05, 0) is 49.1 Å². The van der Waals surface area contributed by atoms with Crippen LogP contribution in [0.3, 0.4) is 0 Å². The Morgan fingerprint density at radius 2 is 1.83 bits per heavy atom. The fourth-order valence-electron chi connectivity index (χ4n) is 3.08. The van der Waals surface area contributed by atoms with Gasteiger partial charge in [-0.3, -0.25) is 4.99 Å². The fourth-order valence-corrected chi connectivity index (χ4v) is 5.28. The molecule has 0 radical (unpaired) electrons. The quantitative estimate of drug-likeness (QED) is 0.313. The molecule has 1 fully saturated rings. The number of guanidine groups is 1. The van der Waals surface area contributed by atoms with Gasteiger partial charge in [0.2, 0.25) is 0 Å². The number of nitrogens with zero attached hydrogens (tertiary/aromatic N) is 1. The van der Waals surface area contributed by atoms with Crippen LogP contribution >= 0.6 is 35.7 Å². The average Bonchev–Trinajstić information content (AvgIpc) is 3.41. The fraction of sp³-hybridized carbons (Fsp3) is 0.381. The Bertz CT molecular complexity index is 959. The van der Waals surface area contributed by atoms with Gasteiger partial charge in [-0.15, -0.1) is 35.7 Å². The average molecular weight is 546 g/mol. The van der Waals surface area contributed by atoms with Crippen LogP contribution in [0.15, 0.2) is 63.3 Å². The van der Waals surface area contributed by atoms with Gasteiger partial charge in [0.15, 0.2) is 15.8 Å². The normalized spacial score (nSPS) is 15.3. The van der Waals surface area contributed by atoms with Crippen molar-refractivity contribution in [3.8, 4) is 0 Å². The van der Waals surface area contributed by atoms with E-state index < -0.39 is 9.84 Å². The second kappa shape index (κ2) is 10.2. The van der Waals surface area contributed by atoms with Crippen LogP contribution in [0.5, 0.6) is 0 Å². The van der Waals surface area contributed by atoms with Gasteiger partial charge in [0.25, 0.3) is 0 Å². The Morgan fingerprint density at radius 3 is 2.38 bits per heavy atom. The highest BCUT2D eigenvalue weighted by Crippen LogP contribution is 2.51. The number of sulfone groups is 1. The van der Waals surface area contributed by atoms with Crippen molar-refractivity contribution in [3.63, 3.8) is 0 Å². The van der Waals surface area contributed by atoms with Gasteiger partial charge in [0.1, 0.15) is 0 Å². The van der Waals surface area contributed by atoms with Crippen molar-refractivity contribution < 1.29 is 8.42 Å². The lowest BCUT2D eigenvalue weighted by Crippen LogP contribution is -2.40. The maximum absolute atomic E-state index is 11.7.